The van der Waals surface area contributed by atoms with E-state index in [1.165, 1.54) is 18.2 Å². The van der Waals surface area contributed by atoms with E-state index >= 15 is 0 Å². The molecule has 0 saturated heterocycles. The van der Waals surface area contributed by atoms with Crippen LogP contribution >= 0.6 is 23.8 Å². The monoisotopic (exact) mass is 288 g/mol. The molecule has 1 aromatic carbocycles. The highest BCUT2D eigenvalue weighted by atomic mass is 35.5. The van der Waals surface area contributed by atoms with E-state index in [0.29, 0.717) is 18.0 Å². The van der Waals surface area contributed by atoms with E-state index in [9.17, 15) is 9.18 Å². The first-order valence-corrected chi connectivity index (χ1v) is 6.31. The predicted octanol–water partition coefficient (Wildman–Crippen LogP) is 2.67. The van der Waals surface area contributed by atoms with Crippen molar-refractivity contribution < 1.29 is 9.18 Å². The zero-order valence-electron chi connectivity index (χ0n) is 9.71. The largest absolute Gasteiger partial charge is 0.393 e. The molecule has 0 aromatic heterocycles. The molecule has 0 radical (unpaired) electrons. The van der Waals surface area contributed by atoms with Gasteiger partial charge in [0.1, 0.15) is 5.82 Å². The summed E-state index contributed by atoms with van der Waals surface area (Å²) >= 11 is 10.5. The summed E-state index contributed by atoms with van der Waals surface area (Å²) in [6.45, 7) is 0.437. The summed E-state index contributed by atoms with van der Waals surface area (Å²) in [6.07, 6.45) is 2.17. The molecule has 0 heterocycles. The summed E-state index contributed by atoms with van der Waals surface area (Å²) in [6, 6.07) is 4.14. The minimum atomic E-state index is -0.622. The Morgan fingerprint density at radius 2 is 2.17 bits per heavy atom. The van der Waals surface area contributed by atoms with E-state index in [2.05, 4.69) is 5.32 Å². The number of hydrogen-bond acceptors (Lipinski definition) is 2. The van der Waals surface area contributed by atoms with Gasteiger partial charge < -0.3 is 11.1 Å². The van der Waals surface area contributed by atoms with Crippen LogP contribution in [0.2, 0.25) is 5.02 Å². The Bertz CT molecular complexity index is 433. The maximum absolute atomic E-state index is 13.4. The first kappa shape index (κ1) is 14.9. The van der Waals surface area contributed by atoms with E-state index in [1.54, 1.807) is 0 Å². The number of nitrogens with two attached hydrogens (primary N) is 1. The number of rotatable bonds is 6. The molecule has 0 aliphatic carbocycles. The zero-order valence-corrected chi connectivity index (χ0v) is 11.3. The highest BCUT2D eigenvalue weighted by molar-refractivity contribution is 7.80. The van der Waals surface area contributed by atoms with Crippen LogP contribution in [0.3, 0.4) is 0 Å². The molecule has 3 N–H and O–H groups in total. The van der Waals surface area contributed by atoms with Crippen LogP contribution in [0.1, 0.15) is 29.6 Å². The van der Waals surface area contributed by atoms with Crippen molar-refractivity contribution in [1.82, 2.24) is 5.32 Å². The van der Waals surface area contributed by atoms with Crippen molar-refractivity contribution in [1.29, 1.82) is 0 Å². The van der Waals surface area contributed by atoms with Gasteiger partial charge in [0.05, 0.1) is 15.6 Å². The molecule has 0 unspecified atom stereocenters. The Morgan fingerprint density at radius 3 is 2.78 bits per heavy atom. The van der Waals surface area contributed by atoms with Crippen LogP contribution in [-0.2, 0) is 0 Å². The molecular formula is C12H14ClFN2OS. The Labute approximate surface area is 115 Å². The molecule has 6 heteroatoms. The van der Waals surface area contributed by atoms with Crippen molar-refractivity contribution >= 4 is 34.7 Å². The highest BCUT2D eigenvalue weighted by Gasteiger charge is 2.14. The molecule has 0 atom stereocenters. The molecule has 0 aliphatic rings. The smallest absolute Gasteiger partial charge is 0.255 e. The minimum absolute atomic E-state index is 0.107. The third kappa shape index (κ3) is 4.58. The lowest BCUT2D eigenvalue weighted by Gasteiger charge is -2.07. The van der Waals surface area contributed by atoms with Gasteiger partial charge in [-0.25, -0.2) is 4.39 Å². The Morgan fingerprint density at radius 1 is 1.44 bits per heavy atom. The third-order valence-electron chi connectivity index (χ3n) is 2.33. The summed E-state index contributed by atoms with van der Waals surface area (Å²) in [5.74, 6) is -1.13. The van der Waals surface area contributed by atoms with Gasteiger partial charge in [0.15, 0.2) is 0 Å². The van der Waals surface area contributed by atoms with E-state index in [4.69, 9.17) is 29.6 Å². The van der Waals surface area contributed by atoms with Crippen LogP contribution < -0.4 is 11.1 Å². The van der Waals surface area contributed by atoms with E-state index in [0.717, 1.165) is 12.8 Å². The third-order valence-corrected chi connectivity index (χ3v) is 2.84. The lowest BCUT2D eigenvalue weighted by Crippen LogP contribution is -2.26. The Hall–Kier alpha value is -1.20. The quantitative estimate of drug-likeness (QED) is 0.625. The molecule has 0 saturated carbocycles. The van der Waals surface area contributed by atoms with Gasteiger partial charge in [-0.2, -0.15) is 0 Å². The van der Waals surface area contributed by atoms with Crippen LogP contribution in [0.15, 0.2) is 18.2 Å². The van der Waals surface area contributed by atoms with Gasteiger partial charge in [0.25, 0.3) is 5.91 Å². The number of hydrogen-bond donors (Lipinski definition) is 2. The number of amides is 1. The van der Waals surface area contributed by atoms with E-state index in [-0.39, 0.29) is 10.6 Å². The number of unbranched alkanes of at least 4 members (excludes halogenated alkanes) is 1. The predicted molar refractivity (Wildman–Crippen MR) is 74.4 cm³/mol. The Kier molecular flexibility index (Phi) is 6.01. The molecule has 0 aliphatic heterocycles. The molecule has 1 rings (SSSR count). The highest BCUT2D eigenvalue weighted by Crippen LogP contribution is 2.18. The van der Waals surface area contributed by atoms with Crippen molar-refractivity contribution in [2.75, 3.05) is 6.54 Å². The van der Waals surface area contributed by atoms with Gasteiger partial charge >= 0.3 is 0 Å². The molecule has 3 nitrogen and oxygen atoms in total. The minimum Gasteiger partial charge on any atom is -0.393 e. The molecule has 1 amide bonds. The maximum atomic E-state index is 13.4. The van der Waals surface area contributed by atoms with Crippen molar-refractivity contribution in [2.24, 2.45) is 5.73 Å². The van der Waals surface area contributed by atoms with E-state index in [1.807, 2.05) is 0 Å². The SMILES string of the molecule is NC(=S)CCCCNC(=O)c1c(F)cccc1Cl. The normalized spacial score (nSPS) is 10.1. The number of nitrogens with one attached hydrogen (secondary N) is 1. The summed E-state index contributed by atoms with van der Waals surface area (Å²) in [4.78, 5) is 12.2. The number of thiocarbonyl (C=S) groups is 1. The van der Waals surface area contributed by atoms with Crippen molar-refractivity contribution in [3.05, 3.63) is 34.6 Å². The van der Waals surface area contributed by atoms with Gasteiger partial charge in [-0.1, -0.05) is 29.9 Å². The zero-order chi connectivity index (χ0) is 13.5. The number of halogens is 2. The summed E-state index contributed by atoms with van der Waals surface area (Å²) in [5.41, 5.74) is 5.23. The molecule has 0 spiro atoms. The first-order chi connectivity index (χ1) is 8.52. The molecule has 98 valence electrons. The van der Waals surface area contributed by atoms with Crippen molar-refractivity contribution in [3.8, 4) is 0 Å². The van der Waals surface area contributed by atoms with Crippen molar-refractivity contribution in [2.45, 2.75) is 19.3 Å². The lowest BCUT2D eigenvalue weighted by atomic mass is 10.2. The van der Waals surface area contributed by atoms with Crippen molar-refractivity contribution in [3.63, 3.8) is 0 Å². The first-order valence-electron chi connectivity index (χ1n) is 5.53. The van der Waals surface area contributed by atoms with Crippen LogP contribution in [0.5, 0.6) is 0 Å². The topological polar surface area (TPSA) is 55.1 Å². The summed E-state index contributed by atoms with van der Waals surface area (Å²) < 4.78 is 13.4. The Balaban J connectivity index is 2.44. The fourth-order valence-corrected chi connectivity index (χ4v) is 1.82. The van der Waals surface area contributed by atoms with Crippen LogP contribution in [-0.4, -0.2) is 17.4 Å². The standard InChI is InChI=1S/C12H14ClFN2OS/c13-8-4-3-5-9(14)11(8)12(17)16-7-2-1-6-10(15)18/h3-5H,1-2,6-7H2,(H2,15,18)(H,16,17). The molecule has 18 heavy (non-hydrogen) atoms. The van der Waals surface area contributed by atoms with Gasteiger partial charge in [0.2, 0.25) is 0 Å². The van der Waals surface area contributed by atoms with Gasteiger partial charge in [-0.15, -0.1) is 0 Å². The van der Waals surface area contributed by atoms with Crippen LogP contribution in [0, 0.1) is 5.82 Å². The number of carbonyl (C=O) groups excluding carboxylic acids is 1. The summed E-state index contributed by atoms with van der Waals surface area (Å²) in [5, 5.41) is 2.71. The fourth-order valence-electron chi connectivity index (χ4n) is 1.43. The average molecular weight is 289 g/mol. The average Bonchev–Trinajstić information content (AvgIpc) is 2.27. The summed E-state index contributed by atoms with van der Waals surface area (Å²) in [7, 11) is 0. The van der Waals surface area contributed by atoms with Gasteiger partial charge in [-0.3, -0.25) is 4.79 Å². The molecule has 0 fully saturated rings. The van der Waals surface area contributed by atoms with Gasteiger partial charge in [-0.05, 0) is 31.4 Å². The van der Waals surface area contributed by atoms with Crippen LogP contribution in [0.4, 0.5) is 4.39 Å². The molecule has 0 bridgehead atoms. The molecular weight excluding hydrogens is 275 g/mol. The second kappa shape index (κ2) is 7.28. The molecule has 1 aromatic rings. The second-order valence-electron chi connectivity index (χ2n) is 3.78. The maximum Gasteiger partial charge on any atom is 0.255 e. The number of benzene rings is 1. The fraction of sp³-hybridized carbons (Fsp3) is 0.333. The number of carbonyl (C=O) groups is 1. The van der Waals surface area contributed by atoms with Crippen LogP contribution in [0.25, 0.3) is 0 Å². The van der Waals surface area contributed by atoms with Gasteiger partial charge in [0, 0.05) is 6.54 Å². The van der Waals surface area contributed by atoms with E-state index < -0.39 is 11.7 Å². The lowest BCUT2D eigenvalue weighted by molar-refractivity contribution is 0.0949. The second-order valence-corrected chi connectivity index (χ2v) is 4.71.